The number of phenols is 1. The predicted octanol–water partition coefficient (Wildman–Crippen LogP) is 10.4. The summed E-state index contributed by atoms with van der Waals surface area (Å²) in [5, 5.41) is 20.2. The van der Waals surface area contributed by atoms with Gasteiger partial charge in [0.2, 0.25) is 0 Å². The summed E-state index contributed by atoms with van der Waals surface area (Å²) in [6.45, 7) is 17.1. The van der Waals surface area contributed by atoms with Gasteiger partial charge in [0.15, 0.2) is 5.82 Å². The molecule has 324 valence electrons. The highest BCUT2D eigenvalue weighted by Gasteiger charge is 2.34. The van der Waals surface area contributed by atoms with Crippen molar-refractivity contribution in [1.29, 1.82) is 0 Å². The van der Waals surface area contributed by atoms with Crippen LogP contribution in [0.2, 0.25) is 0 Å². The van der Waals surface area contributed by atoms with Crippen LogP contribution in [0.3, 0.4) is 0 Å². The third-order valence-electron chi connectivity index (χ3n) is 13.5. The van der Waals surface area contributed by atoms with Crippen LogP contribution in [0.15, 0.2) is 83.9 Å². The van der Waals surface area contributed by atoms with Crippen LogP contribution in [0.25, 0.3) is 16.1 Å². The number of hydrogen-bond donors (Lipinski definition) is 1. The molecule has 2 atom stereocenters. The van der Waals surface area contributed by atoms with E-state index in [-0.39, 0.29) is 22.9 Å². The van der Waals surface area contributed by atoms with Gasteiger partial charge in [0.05, 0.1) is 11.3 Å². The number of nitrogens with zero attached hydrogens (tertiary/aromatic N) is 7. The van der Waals surface area contributed by atoms with Crippen LogP contribution in [0.4, 0.5) is 24.5 Å². The van der Waals surface area contributed by atoms with Crippen molar-refractivity contribution in [2.75, 3.05) is 55.6 Å². The first-order valence-electron chi connectivity index (χ1n) is 21.8. The molecule has 0 radical (unpaired) electrons. The second-order valence-corrected chi connectivity index (χ2v) is 18.6. The van der Waals surface area contributed by atoms with E-state index in [1.165, 1.54) is 33.8 Å². The highest BCUT2D eigenvalue weighted by molar-refractivity contribution is 7.15. The molecule has 4 aliphatic rings. The molecule has 4 aliphatic heterocycles. The number of aromatic nitrogens is 3. The zero-order valence-electron chi connectivity index (χ0n) is 36.1. The Morgan fingerprint density at radius 1 is 0.762 bits per heavy atom. The molecule has 0 aliphatic carbocycles. The number of hydrogen-bond acceptors (Lipinski definition) is 9. The first kappa shape index (κ1) is 41.1. The molecule has 63 heavy (non-hydrogen) atoms. The molecule has 0 bridgehead atoms. The second-order valence-electron chi connectivity index (χ2n) is 17.4. The molecule has 0 amide bonds. The number of piperidine rings is 1. The van der Waals surface area contributed by atoms with Crippen molar-refractivity contribution in [1.82, 2.24) is 19.7 Å². The summed E-state index contributed by atoms with van der Waals surface area (Å²) < 4.78 is 53.2. The molecule has 0 spiro atoms. The van der Waals surface area contributed by atoms with E-state index in [9.17, 15) is 9.50 Å². The standard InChI is InChI=1S/C50H50F3N7O2S/c1-28-31(4)63-50-45(28)47(54-30(3)49-56-55-32(5)60(49)50)34-6-10-37(11-7-34)58-18-16-33(17-19-58)27-57-20-22-59(23-21-57)38-12-8-35(9-13-38)48-44(46-41(52)24-36(51)25-42(46)53)29(2)40-26-39(61)14-15-43(40)62-48/h6-15,24-26,30,33,48,61H,16-23,27H2,1-5H3/t30-,48-/m1/s1. The van der Waals surface area contributed by atoms with E-state index in [4.69, 9.17) is 9.73 Å². The fourth-order valence-corrected chi connectivity index (χ4v) is 11.1. The van der Waals surface area contributed by atoms with E-state index < -0.39 is 23.6 Å². The van der Waals surface area contributed by atoms with Gasteiger partial charge in [-0.15, -0.1) is 21.5 Å². The lowest BCUT2D eigenvalue weighted by Crippen LogP contribution is -2.49. The summed E-state index contributed by atoms with van der Waals surface area (Å²) in [6.07, 6.45) is 1.45. The second kappa shape index (κ2) is 16.3. The van der Waals surface area contributed by atoms with Gasteiger partial charge in [-0.1, -0.05) is 24.3 Å². The maximum atomic E-state index is 15.3. The number of rotatable bonds is 7. The Labute approximate surface area is 369 Å². The number of allylic oxidation sites excluding steroid dienone is 1. The van der Waals surface area contributed by atoms with E-state index in [1.807, 2.05) is 31.2 Å². The number of aliphatic imine (C=N–C) groups is 1. The molecule has 2 saturated heterocycles. The van der Waals surface area contributed by atoms with Crippen molar-refractivity contribution < 1.29 is 23.0 Å². The number of piperazine rings is 1. The molecular weight excluding hydrogens is 820 g/mol. The lowest BCUT2D eigenvalue weighted by atomic mass is 9.85. The number of phenolic OH excluding ortho intramolecular Hbond substituents is 1. The minimum Gasteiger partial charge on any atom is -0.508 e. The van der Waals surface area contributed by atoms with Crippen molar-refractivity contribution in [2.24, 2.45) is 10.9 Å². The van der Waals surface area contributed by atoms with Gasteiger partial charge in [0, 0.05) is 96.5 Å². The zero-order valence-corrected chi connectivity index (χ0v) is 36.9. The Morgan fingerprint density at radius 2 is 1.41 bits per heavy atom. The zero-order chi connectivity index (χ0) is 43.7. The van der Waals surface area contributed by atoms with Crippen LogP contribution in [0.1, 0.15) is 88.7 Å². The van der Waals surface area contributed by atoms with Gasteiger partial charge >= 0.3 is 0 Å². The number of benzene rings is 4. The fraction of sp³-hybridized carbons (Fsp3) is 0.340. The molecule has 0 saturated carbocycles. The van der Waals surface area contributed by atoms with Gasteiger partial charge in [0.1, 0.15) is 51.9 Å². The van der Waals surface area contributed by atoms with Crippen molar-refractivity contribution >= 4 is 39.6 Å². The first-order valence-corrected chi connectivity index (χ1v) is 22.6. The van der Waals surface area contributed by atoms with Crippen LogP contribution >= 0.6 is 11.3 Å². The largest absolute Gasteiger partial charge is 0.508 e. The molecule has 1 N–H and O–H groups in total. The topological polar surface area (TPSA) is 82.2 Å². The predicted molar refractivity (Wildman–Crippen MR) is 244 cm³/mol. The fourth-order valence-electron chi connectivity index (χ4n) is 9.89. The Kier molecular flexibility index (Phi) is 10.7. The quantitative estimate of drug-likeness (QED) is 0.171. The minimum absolute atomic E-state index is 0.00480. The van der Waals surface area contributed by atoms with E-state index in [0.717, 1.165) is 92.3 Å². The first-order chi connectivity index (χ1) is 30.4. The maximum absolute atomic E-state index is 15.3. The highest BCUT2D eigenvalue weighted by atomic mass is 32.1. The van der Waals surface area contributed by atoms with Crippen LogP contribution < -0.4 is 14.5 Å². The van der Waals surface area contributed by atoms with E-state index in [0.29, 0.717) is 40.5 Å². The summed E-state index contributed by atoms with van der Waals surface area (Å²) in [4.78, 5) is 14.0. The summed E-state index contributed by atoms with van der Waals surface area (Å²) in [6, 6.07) is 22.9. The van der Waals surface area contributed by atoms with E-state index in [1.54, 1.807) is 24.3 Å². The van der Waals surface area contributed by atoms with Gasteiger partial charge in [-0.3, -0.25) is 14.5 Å². The number of ether oxygens (including phenoxy) is 1. The van der Waals surface area contributed by atoms with E-state index in [2.05, 4.69) is 74.5 Å². The number of aryl methyl sites for hydroxylation is 2. The van der Waals surface area contributed by atoms with Gasteiger partial charge in [-0.25, -0.2) is 13.2 Å². The third kappa shape index (κ3) is 7.48. The molecule has 2 fully saturated rings. The molecular formula is C50H50F3N7O2S. The van der Waals surface area contributed by atoms with Gasteiger partial charge in [-0.2, -0.15) is 0 Å². The molecule has 6 heterocycles. The van der Waals surface area contributed by atoms with Crippen LogP contribution in [-0.2, 0) is 0 Å². The van der Waals surface area contributed by atoms with Gasteiger partial charge in [0.25, 0.3) is 0 Å². The SMILES string of the molecule is CC1=C(c2c(F)cc(F)cc2F)[C@@H](c2ccc(N3CCN(CC4CCN(c5ccc(C6=N[C@H](C)c7nnc(C)n7-c7sc(C)c(C)c76)cc5)CC4)CC3)cc2)Oc2ccc(O)cc21. The maximum Gasteiger partial charge on any atom is 0.162 e. The molecule has 4 aromatic carbocycles. The van der Waals surface area contributed by atoms with E-state index >= 15 is 8.78 Å². The Hall–Kier alpha value is -5.92. The Balaban J connectivity index is 0.759. The number of halogens is 3. The molecule has 10 rings (SSSR count). The van der Waals surface area contributed by atoms with Crippen molar-refractivity contribution in [2.45, 2.75) is 59.6 Å². The van der Waals surface area contributed by atoms with Crippen molar-refractivity contribution in [3.8, 4) is 16.5 Å². The smallest absolute Gasteiger partial charge is 0.162 e. The molecule has 0 unspecified atom stereocenters. The van der Waals surface area contributed by atoms with Crippen LogP contribution in [0.5, 0.6) is 11.5 Å². The average Bonchev–Trinajstić information content (AvgIpc) is 3.77. The number of aromatic hydroxyl groups is 1. The van der Waals surface area contributed by atoms with Crippen LogP contribution in [0, 0.1) is 44.1 Å². The average molecular weight is 870 g/mol. The van der Waals surface area contributed by atoms with Gasteiger partial charge < -0.3 is 19.6 Å². The third-order valence-corrected chi connectivity index (χ3v) is 14.7. The van der Waals surface area contributed by atoms with Crippen molar-refractivity contribution in [3.63, 3.8) is 0 Å². The molecule has 9 nitrogen and oxygen atoms in total. The highest BCUT2D eigenvalue weighted by Crippen LogP contribution is 2.49. The summed E-state index contributed by atoms with van der Waals surface area (Å²) >= 11 is 1.79. The lowest BCUT2D eigenvalue weighted by molar-refractivity contribution is 0.201. The van der Waals surface area contributed by atoms with Crippen LogP contribution in [-0.4, -0.2) is 76.3 Å². The minimum atomic E-state index is -1.01. The molecule has 6 aromatic rings. The monoisotopic (exact) mass is 869 g/mol. The number of thiophene rings is 1. The number of fused-ring (bicyclic) bond motifs is 4. The summed E-state index contributed by atoms with van der Waals surface area (Å²) in [5.41, 5.74) is 8.61. The summed E-state index contributed by atoms with van der Waals surface area (Å²) in [5.74, 6) is -0.0998. The normalized spacial score (nSPS) is 19.3. The van der Waals surface area contributed by atoms with Gasteiger partial charge in [-0.05, 0) is 113 Å². The summed E-state index contributed by atoms with van der Waals surface area (Å²) in [7, 11) is 0. The molecule has 2 aromatic heterocycles. The number of anilines is 2. The van der Waals surface area contributed by atoms with Crippen molar-refractivity contribution in [3.05, 3.63) is 146 Å². The Morgan fingerprint density at radius 3 is 2.10 bits per heavy atom. The lowest BCUT2D eigenvalue weighted by Gasteiger charge is -2.40. The Bertz CT molecular complexity index is 2760. The molecule has 13 heteroatoms.